The van der Waals surface area contributed by atoms with Gasteiger partial charge in [0.25, 0.3) is 11.6 Å². The van der Waals surface area contributed by atoms with Crippen LogP contribution in [-0.2, 0) is 22.6 Å². The van der Waals surface area contributed by atoms with Crippen molar-refractivity contribution in [1.82, 2.24) is 9.80 Å². The van der Waals surface area contributed by atoms with E-state index >= 15 is 0 Å². The van der Waals surface area contributed by atoms with Crippen LogP contribution in [0.3, 0.4) is 0 Å². The summed E-state index contributed by atoms with van der Waals surface area (Å²) in [5.41, 5.74) is 1.38. The van der Waals surface area contributed by atoms with Crippen molar-refractivity contribution < 1.29 is 23.7 Å². The number of nitro groups is 1. The van der Waals surface area contributed by atoms with Crippen molar-refractivity contribution in [3.05, 3.63) is 99.5 Å². The minimum atomic E-state index is -0.526. The zero-order valence-corrected chi connectivity index (χ0v) is 19.2. The lowest BCUT2D eigenvalue weighted by atomic mass is 10.1. The van der Waals surface area contributed by atoms with Crippen molar-refractivity contribution >= 4 is 17.5 Å². The summed E-state index contributed by atoms with van der Waals surface area (Å²) in [5.74, 6) is -0.148. The zero-order chi connectivity index (χ0) is 24.5. The van der Waals surface area contributed by atoms with Gasteiger partial charge in [0.15, 0.2) is 0 Å². The van der Waals surface area contributed by atoms with E-state index in [-0.39, 0.29) is 43.4 Å². The second kappa shape index (κ2) is 11.8. The quantitative estimate of drug-likeness (QED) is 0.315. The number of amides is 2. The Bertz CT molecular complexity index is 1110. The minimum absolute atomic E-state index is 0.141. The number of carbonyl (C=O) groups is 2. The lowest BCUT2D eigenvalue weighted by molar-refractivity contribution is -0.385. The molecule has 0 unspecified atom stereocenters. The standard InChI is InChI=1S/C25H27N3O6/c1-19-10-11-21(15-23(19)28(31)32)25(30)26(12-14-33-2)18-24(29)27(17-22-9-6-13-34-22)16-20-7-4-3-5-8-20/h3-11,13,15H,12,14,16-18H2,1-2H3. The normalized spacial score (nSPS) is 10.6. The van der Waals surface area contributed by atoms with Crippen LogP contribution in [0.1, 0.15) is 27.2 Å². The molecule has 1 aromatic heterocycles. The van der Waals surface area contributed by atoms with Gasteiger partial charge in [0.1, 0.15) is 12.3 Å². The molecule has 3 aromatic rings. The van der Waals surface area contributed by atoms with E-state index in [0.717, 1.165) is 5.56 Å². The molecule has 0 N–H and O–H groups in total. The molecule has 9 heteroatoms. The predicted octanol–water partition coefficient (Wildman–Crippen LogP) is 3.81. The van der Waals surface area contributed by atoms with Gasteiger partial charge in [0.05, 0.1) is 24.3 Å². The summed E-state index contributed by atoms with van der Waals surface area (Å²) in [6.07, 6.45) is 1.54. The fourth-order valence-corrected chi connectivity index (χ4v) is 3.47. The van der Waals surface area contributed by atoms with Crippen molar-refractivity contribution in [2.75, 3.05) is 26.8 Å². The van der Waals surface area contributed by atoms with E-state index < -0.39 is 10.8 Å². The number of nitro benzene ring substituents is 1. The molecular formula is C25H27N3O6. The van der Waals surface area contributed by atoms with Crippen molar-refractivity contribution in [1.29, 1.82) is 0 Å². The van der Waals surface area contributed by atoms with Crippen LogP contribution < -0.4 is 0 Å². The monoisotopic (exact) mass is 465 g/mol. The van der Waals surface area contributed by atoms with Gasteiger partial charge in [-0.1, -0.05) is 36.4 Å². The summed E-state index contributed by atoms with van der Waals surface area (Å²) < 4.78 is 10.5. The van der Waals surface area contributed by atoms with Gasteiger partial charge in [-0.05, 0) is 30.7 Å². The van der Waals surface area contributed by atoms with Gasteiger partial charge in [-0.2, -0.15) is 0 Å². The number of ether oxygens (including phenoxy) is 1. The topological polar surface area (TPSA) is 106 Å². The van der Waals surface area contributed by atoms with Crippen molar-refractivity contribution in [2.45, 2.75) is 20.0 Å². The van der Waals surface area contributed by atoms with E-state index in [1.807, 2.05) is 30.3 Å². The van der Waals surface area contributed by atoms with Gasteiger partial charge >= 0.3 is 0 Å². The fourth-order valence-electron chi connectivity index (χ4n) is 3.47. The SMILES string of the molecule is COCCN(CC(=O)N(Cc1ccccc1)Cc1ccco1)C(=O)c1ccc(C)c([N+](=O)[O-])c1. The van der Waals surface area contributed by atoms with E-state index in [1.54, 1.807) is 30.2 Å². The van der Waals surface area contributed by atoms with E-state index in [4.69, 9.17) is 9.15 Å². The Balaban J connectivity index is 1.83. The number of furan rings is 1. The van der Waals surface area contributed by atoms with Crippen molar-refractivity contribution in [3.63, 3.8) is 0 Å². The lowest BCUT2D eigenvalue weighted by Gasteiger charge is -2.27. The van der Waals surface area contributed by atoms with Crippen LogP contribution in [0.5, 0.6) is 0 Å². The van der Waals surface area contributed by atoms with Crippen LogP contribution in [0.25, 0.3) is 0 Å². The van der Waals surface area contributed by atoms with E-state index in [1.165, 1.54) is 30.2 Å². The van der Waals surface area contributed by atoms with E-state index in [2.05, 4.69) is 0 Å². The fraction of sp³-hybridized carbons (Fsp3) is 0.280. The zero-order valence-electron chi connectivity index (χ0n) is 19.2. The molecule has 9 nitrogen and oxygen atoms in total. The highest BCUT2D eigenvalue weighted by atomic mass is 16.6. The number of aryl methyl sites for hydroxylation is 1. The van der Waals surface area contributed by atoms with Crippen LogP contribution in [0.2, 0.25) is 0 Å². The molecule has 2 amide bonds. The highest BCUT2D eigenvalue weighted by Gasteiger charge is 2.25. The number of carbonyl (C=O) groups excluding carboxylic acids is 2. The van der Waals surface area contributed by atoms with Crippen LogP contribution in [0.4, 0.5) is 5.69 Å². The summed E-state index contributed by atoms with van der Waals surface area (Å²) in [7, 11) is 1.50. The van der Waals surface area contributed by atoms with Crippen LogP contribution in [0, 0.1) is 17.0 Å². The molecule has 0 fully saturated rings. The third-order valence-electron chi connectivity index (χ3n) is 5.33. The van der Waals surface area contributed by atoms with Crippen molar-refractivity contribution in [3.8, 4) is 0 Å². The number of benzene rings is 2. The summed E-state index contributed by atoms with van der Waals surface area (Å²) in [4.78, 5) is 40.3. The van der Waals surface area contributed by atoms with Gasteiger partial charge in [-0.3, -0.25) is 19.7 Å². The number of rotatable bonds is 11. The maximum absolute atomic E-state index is 13.4. The predicted molar refractivity (Wildman–Crippen MR) is 125 cm³/mol. The van der Waals surface area contributed by atoms with Crippen molar-refractivity contribution in [2.24, 2.45) is 0 Å². The average molecular weight is 466 g/mol. The molecule has 0 atom stereocenters. The van der Waals surface area contributed by atoms with Crippen LogP contribution in [-0.4, -0.2) is 53.3 Å². The molecule has 3 rings (SSSR count). The van der Waals surface area contributed by atoms with E-state index in [0.29, 0.717) is 17.9 Å². The highest BCUT2D eigenvalue weighted by molar-refractivity contribution is 5.97. The molecule has 178 valence electrons. The Morgan fingerprint density at radius 3 is 2.44 bits per heavy atom. The number of hydrogen-bond donors (Lipinski definition) is 0. The Kier molecular flexibility index (Phi) is 8.53. The number of nitrogens with zero attached hydrogens (tertiary/aromatic N) is 3. The molecule has 0 radical (unpaired) electrons. The van der Waals surface area contributed by atoms with Crippen LogP contribution >= 0.6 is 0 Å². The van der Waals surface area contributed by atoms with Crippen LogP contribution in [0.15, 0.2) is 71.3 Å². The Labute approximate surface area is 197 Å². The van der Waals surface area contributed by atoms with Gasteiger partial charge in [-0.25, -0.2) is 0 Å². The number of hydrogen-bond acceptors (Lipinski definition) is 6. The first-order chi connectivity index (χ1) is 16.4. The average Bonchev–Trinajstić information content (AvgIpc) is 3.34. The van der Waals surface area contributed by atoms with E-state index in [9.17, 15) is 19.7 Å². The largest absolute Gasteiger partial charge is 0.467 e. The molecular weight excluding hydrogens is 438 g/mol. The molecule has 0 bridgehead atoms. The smallest absolute Gasteiger partial charge is 0.273 e. The van der Waals surface area contributed by atoms with Gasteiger partial charge in [0.2, 0.25) is 5.91 Å². The first kappa shape index (κ1) is 24.7. The lowest BCUT2D eigenvalue weighted by Crippen LogP contribution is -2.43. The second-order valence-corrected chi connectivity index (χ2v) is 7.79. The third kappa shape index (κ3) is 6.52. The van der Waals surface area contributed by atoms with Gasteiger partial charge < -0.3 is 19.0 Å². The molecule has 0 saturated carbocycles. The Morgan fingerprint density at radius 2 is 1.79 bits per heavy atom. The maximum Gasteiger partial charge on any atom is 0.273 e. The second-order valence-electron chi connectivity index (χ2n) is 7.79. The molecule has 34 heavy (non-hydrogen) atoms. The molecule has 0 spiro atoms. The molecule has 0 aliphatic rings. The highest BCUT2D eigenvalue weighted by Crippen LogP contribution is 2.20. The first-order valence-corrected chi connectivity index (χ1v) is 10.8. The van der Waals surface area contributed by atoms with Gasteiger partial charge in [-0.15, -0.1) is 0 Å². The summed E-state index contributed by atoms with van der Waals surface area (Å²) in [6.45, 7) is 2.34. The summed E-state index contributed by atoms with van der Waals surface area (Å²) in [6, 6.07) is 17.3. The molecule has 0 aliphatic carbocycles. The van der Waals surface area contributed by atoms with Gasteiger partial charge in [0, 0.05) is 37.4 Å². The molecule has 0 saturated heterocycles. The Morgan fingerprint density at radius 1 is 1.03 bits per heavy atom. The molecule has 0 aliphatic heterocycles. The number of methoxy groups -OCH3 is 1. The molecule has 2 aromatic carbocycles. The summed E-state index contributed by atoms with van der Waals surface area (Å²) in [5, 5.41) is 11.3. The minimum Gasteiger partial charge on any atom is -0.467 e. The third-order valence-corrected chi connectivity index (χ3v) is 5.33. The Hall–Kier alpha value is -3.98. The molecule has 1 heterocycles. The maximum atomic E-state index is 13.4. The summed E-state index contributed by atoms with van der Waals surface area (Å²) >= 11 is 0. The first-order valence-electron chi connectivity index (χ1n) is 10.8.